The van der Waals surface area contributed by atoms with Gasteiger partial charge in [-0.25, -0.2) is 0 Å². The molecule has 0 aliphatic heterocycles. The molecule has 0 aliphatic carbocycles. The van der Waals surface area contributed by atoms with Crippen molar-refractivity contribution < 1.29 is 4.74 Å². The smallest absolute Gasteiger partial charge is 0.180 e. The Balaban J connectivity index is 2.62. The van der Waals surface area contributed by atoms with Gasteiger partial charge in [-0.15, -0.1) is 0 Å². The first kappa shape index (κ1) is 10.4. The highest BCUT2D eigenvalue weighted by molar-refractivity contribution is 7.71. The van der Waals surface area contributed by atoms with E-state index in [1.54, 1.807) is 7.11 Å². The molecule has 2 aromatic rings. The first-order chi connectivity index (χ1) is 7.25. The van der Waals surface area contributed by atoms with Crippen LogP contribution < -0.4 is 0 Å². The minimum atomic E-state index is 0.683. The van der Waals surface area contributed by atoms with E-state index >= 15 is 0 Å². The summed E-state index contributed by atoms with van der Waals surface area (Å²) in [6, 6.07) is 8.22. The van der Waals surface area contributed by atoms with Gasteiger partial charge in [0.15, 0.2) is 4.77 Å². The fourth-order valence-corrected chi connectivity index (χ4v) is 2.05. The van der Waals surface area contributed by atoms with E-state index in [1.807, 2.05) is 23.7 Å². The van der Waals surface area contributed by atoms with Gasteiger partial charge in [-0.05, 0) is 24.4 Å². The number of nitrogens with zero attached hydrogens (tertiary/aromatic N) is 2. The highest BCUT2D eigenvalue weighted by Crippen LogP contribution is 2.16. The third-order valence-corrected chi connectivity index (χ3v) is 3.06. The summed E-state index contributed by atoms with van der Waals surface area (Å²) in [5.74, 6) is 0. The normalized spacial score (nSPS) is 11.1. The minimum absolute atomic E-state index is 0.683. The number of aromatic nitrogens is 2. The Hall–Kier alpha value is -1.13. The highest BCUT2D eigenvalue weighted by atomic mass is 32.1. The van der Waals surface area contributed by atoms with Crippen molar-refractivity contribution in [2.24, 2.45) is 7.05 Å². The maximum absolute atomic E-state index is 5.38. The molecule has 0 saturated carbocycles. The van der Waals surface area contributed by atoms with Crippen LogP contribution in [0, 0.1) is 4.77 Å². The van der Waals surface area contributed by atoms with Crippen LogP contribution in [0.15, 0.2) is 24.3 Å². The number of fused-ring (bicyclic) bond motifs is 1. The number of imidazole rings is 1. The van der Waals surface area contributed by atoms with Crippen LogP contribution in [-0.4, -0.2) is 22.9 Å². The summed E-state index contributed by atoms with van der Waals surface area (Å²) in [5, 5.41) is 0. The van der Waals surface area contributed by atoms with Gasteiger partial charge in [-0.1, -0.05) is 12.1 Å². The van der Waals surface area contributed by atoms with Gasteiger partial charge in [0.05, 0.1) is 17.6 Å². The van der Waals surface area contributed by atoms with Gasteiger partial charge in [0, 0.05) is 20.7 Å². The standard InChI is InChI=1S/C11H14N2OS/c1-12-9-5-3-4-6-10(9)13(11(12)15)7-8-14-2/h3-6H,7-8H2,1-2H3. The van der Waals surface area contributed by atoms with E-state index in [0.29, 0.717) is 6.61 Å². The van der Waals surface area contributed by atoms with E-state index in [9.17, 15) is 0 Å². The molecule has 15 heavy (non-hydrogen) atoms. The number of methoxy groups -OCH3 is 1. The number of aryl methyl sites for hydroxylation is 1. The molecule has 0 saturated heterocycles. The van der Waals surface area contributed by atoms with Crippen molar-refractivity contribution in [1.82, 2.24) is 9.13 Å². The van der Waals surface area contributed by atoms with Crippen molar-refractivity contribution in [2.45, 2.75) is 6.54 Å². The van der Waals surface area contributed by atoms with Crippen molar-refractivity contribution in [2.75, 3.05) is 13.7 Å². The number of ether oxygens (including phenoxy) is 1. The van der Waals surface area contributed by atoms with Crippen molar-refractivity contribution >= 4 is 23.3 Å². The first-order valence-corrected chi connectivity index (χ1v) is 5.29. The molecule has 0 amide bonds. The molecule has 0 aliphatic rings. The van der Waals surface area contributed by atoms with Crippen LogP contribution in [-0.2, 0) is 18.3 Å². The Kier molecular flexibility index (Phi) is 2.88. The molecule has 2 rings (SSSR count). The number of benzene rings is 1. The summed E-state index contributed by atoms with van der Waals surface area (Å²) in [7, 11) is 3.70. The maximum atomic E-state index is 5.38. The molecule has 4 heteroatoms. The number of hydrogen-bond acceptors (Lipinski definition) is 2. The summed E-state index contributed by atoms with van der Waals surface area (Å²) in [6.45, 7) is 1.49. The lowest BCUT2D eigenvalue weighted by atomic mass is 10.3. The molecule has 0 unspecified atom stereocenters. The fraction of sp³-hybridized carbons (Fsp3) is 0.364. The van der Waals surface area contributed by atoms with Crippen molar-refractivity contribution in [3.63, 3.8) is 0 Å². The van der Waals surface area contributed by atoms with Crippen LogP contribution in [0.5, 0.6) is 0 Å². The second-order valence-corrected chi connectivity index (χ2v) is 3.84. The van der Waals surface area contributed by atoms with Gasteiger partial charge in [0.25, 0.3) is 0 Å². The molecule has 1 aromatic carbocycles. The second-order valence-electron chi connectivity index (χ2n) is 3.47. The van der Waals surface area contributed by atoms with Crippen LogP contribution in [0.4, 0.5) is 0 Å². The third kappa shape index (κ3) is 1.70. The van der Waals surface area contributed by atoms with Crippen molar-refractivity contribution in [3.8, 4) is 0 Å². The summed E-state index contributed by atoms with van der Waals surface area (Å²) in [4.78, 5) is 0. The Morgan fingerprint density at radius 2 is 1.93 bits per heavy atom. The third-order valence-electron chi connectivity index (χ3n) is 2.57. The molecule has 0 fully saturated rings. The Morgan fingerprint density at radius 1 is 1.27 bits per heavy atom. The maximum Gasteiger partial charge on any atom is 0.180 e. The molecule has 0 bridgehead atoms. The molecule has 3 nitrogen and oxygen atoms in total. The largest absolute Gasteiger partial charge is 0.383 e. The molecule has 1 heterocycles. The van der Waals surface area contributed by atoms with Crippen LogP contribution in [0.2, 0.25) is 0 Å². The summed E-state index contributed by atoms with van der Waals surface area (Å²) in [6.07, 6.45) is 0. The molecule has 1 aromatic heterocycles. The molecule has 80 valence electrons. The predicted molar refractivity (Wildman–Crippen MR) is 63.6 cm³/mol. The Bertz CT molecular complexity index is 527. The number of rotatable bonds is 3. The lowest BCUT2D eigenvalue weighted by Gasteiger charge is -2.02. The molecule has 0 N–H and O–H groups in total. The second kappa shape index (κ2) is 4.16. The van der Waals surface area contributed by atoms with Gasteiger partial charge in [0.2, 0.25) is 0 Å². The average molecular weight is 222 g/mol. The van der Waals surface area contributed by atoms with E-state index < -0.39 is 0 Å². The summed E-state index contributed by atoms with van der Waals surface area (Å²) < 4.78 is 10.1. The van der Waals surface area contributed by atoms with Crippen LogP contribution in [0.3, 0.4) is 0 Å². The van der Waals surface area contributed by atoms with Crippen LogP contribution in [0.25, 0.3) is 11.0 Å². The van der Waals surface area contributed by atoms with Crippen molar-refractivity contribution in [3.05, 3.63) is 29.0 Å². The van der Waals surface area contributed by atoms with E-state index in [4.69, 9.17) is 17.0 Å². The van der Waals surface area contributed by atoms with E-state index in [1.165, 1.54) is 11.0 Å². The van der Waals surface area contributed by atoms with Crippen molar-refractivity contribution in [1.29, 1.82) is 0 Å². The highest BCUT2D eigenvalue weighted by Gasteiger charge is 2.05. The van der Waals surface area contributed by atoms with Gasteiger partial charge in [0.1, 0.15) is 0 Å². The monoisotopic (exact) mass is 222 g/mol. The molecular weight excluding hydrogens is 208 g/mol. The van der Waals surface area contributed by atoms with Gasteiger partial charge < -0.3 is 13.9 Å². The van der Waals surface area contributed by atoms with E-state index in [0.717, 1.165) is 11.3 Å². The molecular formula is C11H14N2OS. The zero-order valence-electron chi connectivity index (χ0n) is 8.93. The Morgan fingerprint density at radius 3 is 2.60 bits per heavy atom. The SMILES string of the molecule is COCCn1c(=S)n(C)c2ccccc21. The Labute approximate surface area is 93.9 Å². The average Bonchev–Trinajstić information content (AvgIpc) is 2.51. The zero-order valence-corrected chi connectivity index (χ0v) is 9.75. The number of hydrogen-bond donors (Lipinski definition) is 0. The minimum Gasteiger partial charge on any atom is -0.383 e. The van der Waals surface area contributed by atoms with Gasteiger partial charge in [-0.2, -0.15) is 0 Å². The van der Waals surface area contributed by atoms with E-state index in [2.05, 4.69) is 16.7 Å². The lowest BCUT2D eigenvalue weighted by molar-refractivity contribution is 0.187. The van der Waals surface area contributed by atoms with Crippen LogP contribution >= 0.6 is 12.2 Å². The number of para-hydroxylation sites is 2. The quantitative estimate of drug-likeness (QED) is 0.742. The topological polar surface area (TPSA) is 19.1 Å². The van der Waals surface area contributed by atoms with Gasteiger partial charge in [-0.3, -0.25) is 0 Å². The zero-order chi connectivity index (χ0) is 10.8. The fourth-order valence-electron chi connectivity index (χ4n) is 1.76. The summed E-state index contributed by atoms with van der Waals surface area (Å²) in [5.41, 5.74) is 2.33. The summed E-state index contributed by atoms with van der Waals surface area (Å²) >= 11 is 5.38. The lowest BCUT2D eigenvalue weighted by Crippen LogP contribution is -2.04. The molecule has 0 atom stereocenters. The predicted octanol–water partition coefficient (Wildman–Crippen LogP) is 2.36. The van der Waals surface area contributed by atoms with Gasteiger partial charge >= 0.3 is 0 Å². The molecule has 0 spiro atoms. The first-order valence-electron chi connectivity index (χ1n) is 4.89. The molecule has 0 radical (unpaired) electrons. The van der Waals surface area contributed by atoms with Crippen LogP contribution in [0.1, 0.15) is 0 Å². The van der Waals surface area contributed by atoms with E-state index in [-0.39, 0.29) is 0 Å².